The van der Waals surface area contributed by atoms with Gasteiger partial charge in [-0.15, -0.1) is 0 Å². The van der Waals surface area contributed by atoms with Gasteiger partial charge in [-0.1, -0.05) is 0 Å². The fourth-order valence-corrected chi connectivity index (χ4v) is 2.49. The predicted molar refractivity (Wildman–Crippen MR) is 70.3 cm³/mol. The summed E-state index contributed by atoms with van der Waals surface area (Å²) in [5, 5.41) is 0. The number of likely N-dealkylation sites (tertiary alicyclic amines) is 1. The average molecular weight is 267 g/mol. The molecule has 1 fully saturated rings. The molecule has 0 saturated carbocycles. The van der Waals surface area contributed by atoms with E-state index in [-0.39, 0.29) is 6.10 Å². The molecule has 1 atom stereocenters. The Labute approximate surface area is 112 Å². The van der Waals surface area contributed by atoms with Gasteiger partial charge in [0.1, 0.15) is 0 Å². The van der Waals surface area contributed by atoms with Gasteiger partial charge >= 0.3 is 5.91 Å². The molecule has 19 heavy (non-hydrogen) atoms. The highest BCUT2D eigenvalue weighted by Crippen LogP contribution is 2.18. The largest absolute Gasteiger partial charge is 0.459 e. The van der Waals surface area contributed by atoms with Gasteiger partial charge in [-0.2, -0.15) is 0 Å². The second-order valence-corrected chi connectivity index (χ2v) is 4.70. The maximum absolute atomic E-state index is 11.5. The monoisotopic (exact) mass is 267 g/mol. The van der Waals surface area contributed by atoms with Gasteiger partial charge in [-0.25, -0.2) is 5.84 Å². The number of ether oxygens (including phenoxy) is 1. The molecular formula is C13H21N3O3. The Kier molecular flexibility index (Phi) is 4.95. The fraction of sp³-hybridized carbons (Fsp3) is 0.615. The molecule has 0 spiro atoms. The molecule has 2 heterocycles. The lowest BCUT2D eigenvalue weighted by Crippen LogP contribution is -2.39. The SMILES string of the molecule is CCOC1CCCN(Cc2ccoc2C(=O)NN)C1. The highest BCUT2D eigenvalue weighted by Gasteiger charge is 2.22. The summed E-state index contributed by atoms with van der Waals surface area (Å²) in [6.45, 7) is 5.34. The second kappa shape index (κ2) is 6.70. The molecule has 1 aliphatic rings. The van der Waals surface area contributed by atoms with Crippen LogP contribution in [0.1, 0.15) is 35.9 Å². The van der Waals surface area contributed by atoms with Crippen molar-refractivity contribution in [3.63, 3.8) is 0 Å². The van der Waals surface area contributed by atoms with E-state index in [4.69, 9.17) is 15.0 Å². The Balaban J connectivity index is 1.97. The summed E-state index contributed by atoms with van der Waals surface area (Å²) in [5.41, 5.74) is 2.96. The number of nitrogens with one attached hydrogen (secondary N) is 1. The minimum atomic E-state index is -0.390. The molecule has 3 N–H and O–H groups in total. The van der Waals surface area contributed by atoms with Gasteiger partial charge in [-0.3, -0.25) is 15.1 Å². The normalized spacial score (nSPS) is 20.4. The van der Waals surface area contributed by atoms with E-state index in [1.54, 1.807) is 0 Å². The predicted octanol–water partition coefficient (Wildman–Crippen LogP) is 0.884. The zero-order valence-electron chi connectivity index (χ0n) is 11.2. The number of nitrogens with zero attached hydrogens (tertiary/aromatic N) is 1. The molecule has 1 aromatic rings. The molecule has 1 aliphatic heterocycles. The van der Waals surface area contributed by atoms with Crippen molar-refractivity contribution in [3.8, 4) is 0 Å². The van der Waals surface area contributed by atoms with Crippen molar-refractivity contribution in [2.45, 2.75) is 32.4 Å². The van der Waals surface area contributed by atoms with Crippen molar-refractivity contribution < 1.29 is 13.9 Å². The van der Waals surface area contributed by atoms with Crippen LogP contribution in [0.15, 0.2) is 16.7 Å². The molecule has 1 unspecified atom stereocenters. The third-order valence-electron chi connectivity index (χ3n) is 3.34. The first-order valence-corrected chi connectivity index (χ1v) is 6.65. The molecule has 6 heteroatoms. The number of piperidine rings is 1. The topological polar surface area (TPSA) is 80.7 Å². The molecular weight excluding hydrogens is 246 g/mol. The number of rotatable bonds is 5. The Hall–Kier alpha value is -1.37. The van der Waals surface area contributed by atoms with Gasteiger partial charge in [0.05, 0.1) is 12.4 Å². The van der Waals surface area contributed by atoms with E-state index < -0.39 is 5.91 Å². The lowest BCUT2D eigenvalue weighted by atomic mass is 10.1. The lowest BCUT2D eigenvalue weighted by molar-refractivity contribution is 0.00352. The van der Waals surface area contributed by atoms with E-state index in [1.165, 1.54) is 6.26 Å². The van der Waals surface area contributed by atoms with Crippen LogP contribution in [0.3, 0.4) is 0 Å². The Morgan fingerprint density at radius 2 is 2.53 bits per heavy atom. The first-order chi connectivity index (χ1) is 9.24. The first kappa shape index (κ1) is 14.0. The van der Waals surface area contributed by atoms with Crippen molar-refractivity contribution in [1.82, 2.24) is 10.3 Å². The lowest BCUT2D eigenvalue weighted by Gasteiger charge is -2.32. The van der Waals surface area contributed by atoms with Crippen LogP contribution in [0.25, 0.3) is 0 Å². The summed E-state index contributed by atoms with van der Waals surface area (Å²) >= 11 is 0. The van der Waals surface area contributed by atoms with E-state index >= 15 is 0 Å². The summed E-state index contributed by atoms with van der Waals surface area (Å²) in [4.78, 5) is 13.8. The number of hydrogen-bond acceptors (Lipinski definition) is 5. The van der Waals surface area contributed by atoms with Gasteiger partial charge in [0, 0.05) is 25.3 Å². The Morgan fingerprint density at radius 3 is 3.26 bits per heavy atom. The number of amides is 1. The van der Waals surface area contributed by atoms with Crippen LogP contribution in [-0.4, -0.2) is 36.6 Å². The van der Waals surface area contributed by atoms with Gasteiger partial charge < -0.3 is 9.15 Å². The number of furan rings is 1. The van der Waals surface area contributed by atoms with E-state index in [0.29, 0.717) is 12.3 Å². The number of carbonyl (C=O) groups is 1. The molecule has 6 nitrogen and oxygen atoms in total. The number of hydrazine groups is 1. The second-order valence-electron chi connectivity index (χ2n) is 4.70. The van der Waals surface area contributed by atoms with Gasteiger partial charge in [-0.05, 0) is 32.4 Å². The maximum atomic E-state index is 11.5. The van der Waals surface area contributed by atoms with Crippen molar-refractivity contribution >= 4 is 5.91 Å². The molecule has 1 saturated heterocycles. The Morgan fingerprint density at radius 1 is 1.68 bits per heavy atom. The summed E-state index contributed by atoms with van der Waals surface area (Å²) in [7, 11) is 0. The average Bonchev–Trinajstić information content (AvgIpc) is 2.87. The van der Waals surface area contributed by atoms with Crippen LogP contribution in [0.2, 0.25) is 0 Å². The molecule has 0 aliphatic carbocycles. The smallest absolute Gasteiger partial charge is 0.301 e. The van der Waals surface area contributed by atoms with E-state index in [9.17, 15) is 4.79 Å². The van der Waals surface area contributed by atoms with Crippen LogP contribution >= 0.6 is 0 Å². The van der Waals surface area contributed by atoms with Crippen LogP contribution in [0.5, 0.6) is 0 Å². The van der Waals surface area contributed by atoms with Crippen molar-refractivity contribution in [3.05, 3.63) is 23.7 Å². The third-order valence-corrected chi connectivity index (χ3v) is 3.34. The molecule has 1 aromatic heterocycles. The highest BCUT2D eigenvalue weighted by atomic mass is 16.5. The fourth-order valence-electron chi connectivity index (χ4n) is 2.49. The summed E-state index contributed by atoms with van der Waals surface area (Å²) in [6.07, 6.45) is 4.02. The van der Waals surface area contributed by atoms with E-state index in [2.05, 4.69) is 10.3 Å². The number of hydrogen-bond donors (Lipinski definition) is 2. The van der Waals surface area contributed by atoms with Gasteiger partial charge in [0.25, 0.3) is 0 Å². The van der Waals surface area contributed by atoms with Crippen molar-refractivity contribution in [2.24, 2.45) is 5.84 Å². The number of carbonyl (C=O) groups excluding carboxylic acids is 1. The number of nitrogens with two attached hydrogens (primary N) is 1. The van der Waals surface area contributed by atoms with E-state index in [1.807, 2.05) is 13.0 Å². The van der Waals surface area contributed by atoms with Crippen LogP contribution in [0, 0.1) is 0 Å². The van der Waals surface area contributed by atoms with Crippen LogP contribution < -0.4 is 11.3 Å². The maximum Gasteiger partial charge on any atom is 0.301 e. The van der Waals surface area contributed by atoms with Crippen LogP contribution in [0.4, 0.5) is 0 Å². The summed E-state index contributed by atoms with van der Waals surface area (Å²) in [5.74, 6) is 5.04. The summed E-state index contributed by atoms with van der Waals surface area (Å²) in [6, 6.07) is 1.81. The molecule has 1 amide bonds. The summed E-state index contributed by atoms with van der Waals surface area (Å²) < 4.78 is 10.8. The van der Waals surface area contributed by atoms with Gasteiger partial charge in [0.15, 0.2) is 5.76 Å². The molecule has 0 radical (unpaired) electrons. The van der Waals surface area contributed by atoms with Crippen LogP contribution in [-0.2, 0) is 11.3 Å². The molecule has 2 rings (SSSR count). The molecule has 0 bridgehead atoms. The minimum Gasteiger partial charge on any atom is -0.459 e. The van der Waals surface area contributed by atoms with E-state index in [0.717, 1.165) is 38.1 Å². The van der Waals surface area contributed by atoms with Crippen molar-refractivity contribution in [2.75, 3.05) is 19.7 Å². The Bertz CT molecular complexity index is 417. The zero-order valence-corrected chi connectivity index (χ0v) is 11.2. The highest BCUT2D eigenvalue weighted by molar-refractivity contribution is 5.92. The van der Waals surface area contributed by atoms with Gasteiger partial charge in [0.2, 0.25) is 0 Å². The number of nitrogen functional groups attached to an aromatic ring is 1. The minimum absolute atomic E-state index is 0.289. The first-order valence-electron chi connectivity index (χ1n) is 6.65. The zero-order chi connectivity index (χ0) is 13.7. The van der Waals surface area contributed by atoms with Crippen molar-refractivity contribution in [1.29, 1.82) is 0 Å². The standard InChI is InChI=1S/C13H21N3O3/c1-2-18-11-4-3-6-16(9-11)8-10-5-7-19-12(10)13(17)15-14/h5,7,11H,2-4,6,8-9,14H2,1H3,(H,15,17). The third kappa shape index (κ3) is 3.56. The molecule has 0 aromatic carbocycles. The quantitative estimate of drug-likeness (QED) is 0.470. The molecule has 106 valence electrons.